The zero-order chi connectivity index (χ0) is 17.5. The summed E-state index contributed by atoms with van der Waals surface area (Å²) in [5.74, 6) is 0.801. The SMILES string of the molecule is COc1cc(CN(C)C(=O)Nc2cccc(C#N)c2)ccc1SC. The predicted octanol–water partition coefficient (Wildman–Crippen LogP) is 3.95. The molecular weight excluding hydrogens is 322 g/mol. The first-order valence-corrected chi connectivity index (χ1v) is 8.53. The van der Waals surface area contributed by atoms with E-state index in [-0.39, 0.29) is 6.03 Å². The van der Waals surface area contributed by atoms with Gasteiger partial charge in [0.05, 0.1) is 18.7 Å². The maximum atomic E-state index is 12.3. The number of hydrogen-bond acceptors (Lipinski definition) is 4. The zero-order valence-electron chi connectivity index (χ0n) is 13.9. The van der Waals surface area contributed by atoms with Crippen LogP contribution in [0.5, 0.6) is 5.75 Å². The van der Waals surface area contributed by atoms with Gasteiger partial charge in [0, 0.05) is 24.2 Å². The van der Waals surface area contributed by atoms with Gasteiger partial charge in [-0.05, 0) is 42.2 Å². The number of anilines is 1. The second-order valence-corrected chi connectivity index (χ2v) is 6.02. The molecule has 0 unspecified atom stereocenters. The number of methoxy groups -OCH3 is 1. The van der Waals surface area contributed by atoms with Crippen molar-refractivity contribution in [3.05, 3.63) is 53.6 Å². The maximum absolute atomic E-state index is 12.3. The molecule has 0 saturated carbocycles. The Bertz CT molecular complexity index is 771. The molecule has 0 atom stereocenters. The predicted molar refractivity (Wildman–Crippen MR) is 96.4 cm³/mol. The standard InChI is InChI=1S/C18H19N3O2S/c1-21(12-14-7-8-17(24-3)16(10-14)23-2)18(22)20-15-6-4-5-13(9-15)11-19/h4-10H,12H2,1-3H3,(H,20,22). The van der Waals surface area contributed by atoms with Gasteiger partial charge >= 0.3 is 6.03 Å². The van der Waals surface area contributed by atoms with E-state index < -0.39 is 0 Å². The van der Waals surface area contributed by atoms with Crippen molar-refractivity contribution in [2.24, 2.45) is 0 Å². The number of carbonyl (C=O) groups is 1. The molecule has 0 radical (unpaired) electrons. The molecule has 0 saturated heterocycles. The first-order valence-electron chi connectivity index (χ1n) is 7.30. The molecule has 0 aliphatic carbocycles. The smallest absolute Gasteiger partial charge is 0.321 e. The lowest BCUT2D eigenvalue weighted by Gasteiger charge is -2.19. The number of nitrogens with zero attached hydrogens (tertiary/aromatic N) is 2. The molecule has 124 valence electrons. The number of thioether (sulfide) groups is 1. The van der Waals surface area contributed by atoms with Crippen molar-refractivity contribution in [2.75, 3.05) is 25.7 Å². The topological polar surface area (TPSA) is 65.4 Å². The summed E-state index contributed by atoms with van der Waals surface area (Å²) in [7, 11) is 3.36. The number of amides is 2. The molecule has 2 aromatic rings. The van der Waals surface area contributed by atoms with Gasteiger partial charge in [0.1, 0.15) is 5.75 Å². The molecule has 2 amide bonds. The fraction of sp³-hybridized carbons (Fsp3) is 0.222. The zero-order valence-corrected chi connectivity index (χ0v) is 14.7. The van der Waals surface area contributed by atoms with Crippen LogP contribution in [0.2, 0.25) is 0 Å². The van der Waals surface area contributed by atoms with E-state index in [1.54, 1.807) is 55.1 Å². The van der Waals surface area contributed by atoms with Gasteiger partial charge in [-0.1, -0.05) is 12.1 Å². The summed E-state index contributed by atoms with van der Waals surface area (Å²) in [5, 5.41) is 11.7. The average Bonchev–Trinajstić information content (AvgIpc) is 2.61. The van der Waals surface area contributed by atoms with Gasteiger partial charge in [-0.25, -0.2) is 4.79 Å². The molecule has 0 bridgehead atoms. The number of ether oxygens (including phenoxy) is 1. The summed E-state index contributed by atoms with van der Waals surface area (Å²) < 4.78 is 5.37. The van der Waals surface area contributed by atoms with Crippen LogP contribution in [0.25, 0.3) is 0 Å². The fourth-order valence-corrected chi connectivity index (χ4v) is 2.76. The first-order chi connectivity index (χ1) is 11.6. The van der Waals surface area contributed by atoms with Gasteiger partial charge in [0.25, 0.3) is 0 Å². The van der Waals surface area contributed by atoms with E-state index >= 15 is 0 Å². The molecule has 0 aliphatic rings. The largest absolute Gasteiger partial charge is 0.496 e. The van der Waals surface area contributed by atoms with Crippen LogP contribution in [0.1, 0.15) is 11.1 Å². The number of hydrogen-bond donors (Lipinski definition) is 1. The minimum atomic E-state index is -0.238. The van der Waals surface area contributed by atoms with Crippen molar-refractivity contribution in [3.8, 4) is 11.8 Å². The maximum Gasteiger partial charge on any atom is 0.321 e. The molecular formula is C18H19N3O2S. The Hall–Kier alpha value is -2.65. The Morgan fingerprint density at radius 2 is 2.12 bits per heavy atom. The molecule has 1 N–H and O–H groups in total. The third-order valence-corrected chi connectivity index (χ3v) is 4.23. The van der Waals surface area contributed by atoms with Gasteiger partial charge in [-0.3, -0.25) is 0 Å². The molecule has 0 fully saturated rings. The Morgan fingerprint density at radius 3 is 2.79 bits per heavy atom. The molecule has 0 spiro atoms. The number of benzene rings is 2. The Labute approximate surface area is 146 Å². The molecule has 2 aromatic carbocycles. The number of carbonyl (C=O) groups excluding carboxylic acids is 1. The van der Waals surface area contributed by atoms with Crippen molar-refractivity contribution < 1.29 is 9.53 Å². The van der Waals surface area contributed by atoms with Crippen LogP contribution in [-0.4, -0.2) is 31.3 Å². The van der Waals surface area contributed by atoms with Crippen LogP contribution < -0.4 is 10.1 Å². The van der Waals surface area contributed by atoms with Gasteiger partial charge in [-0.15, -0.1) is 11.8 Å². The van der Waals surface area contributed by atoms with Crippen LogP contribution in [0.4, 0.5) is 10.5 Å². The molecule has 6 heteroatoms. The lowest BCUT2D eigenvalue weighted by Crippen LogP contribution is -2.30. The van der Waals surface area contributed by atoms with E-state index in [1.807, 2.05) is 24.5 Å². The molecule has 0 aromatic heterocycles. The van der Waals surface area contributed by atoms with Gasteiger partial charge in [-0.2, -0.15) is 5.26 Å². The number of urea groups is 1. The Kier molecular flexibility index (Phi) is 6.10. The van der Waals surface area contributed by atoms with Crippen LogP contribution in [-0.2, 0) is 6.54 Å². The van der Waals surface area contributed by atoms with E-state index in [0.29, 0.717) is 17.8 Å². The van der Waals surface area contributed by atoms with Crippen molar-refractivity contribution >= 4 is 23.5 Å². The third-order valence-electron chi connectivity index (χ3n) is 3.46. The highest BCUT2D eigenvalue weighted by atomic mass is 32.2. The fourth-order valence-electron chi connectivity index (χ4n) is 2.21. The first kappa shape index (κ1) is 17.7. The highest BCUT2D eigenvalue weighted by molar-refractivity contribution is 7.98. The van der Waals surface area contributed by atoms with Crippen molar-refractivity contribution in [2.45, 2.75) is 11.4 Å². The summed E-state index contributed by atoms with van der Waals surface area (Å²) in [5.41, 5.74) is 2.09. The van der Waals surface area contributed by atoms with Crippen LogP contribution in [0, 0.1) is 11.3 Å². The Balaban J connectivity index is 2.04. The van der Waals surface area contributed by atoms with Gasteiger partial charge < -0.3 is 15.0 Å². The summed E-state index contributed by atoms with van der Waals surface area (Å²) in [6.07, 6.45) is 1.99. The van der Waals surface area contributed by atoms with Crippen LogP contribution in [0.15, 0.2) is 47.4 Å². The quantitative estimate of drug-likeness (QED) is 0.836. The molecule has 5 nitrogen and oxygen atoms in total. The second kappa shape index (κ2) is 8.27. The van der Waals surface area contributed by atoms with E-state index in [2.05, 4.69) is 11.4 Å². The summed E-state index contributed by atoms with van der Waals surface area (Å²) in [4.78, 5) is 14.9. The molecule has 2 rings (SSSR count). The number of nitrogens with one attached hydrogen (secondary N) is 1. The van der Waals surface area contributed by atoms with Crippen molar-refractivity contribution in [1.82, 2.24) is 4.90 Å². The van der Waals surface area contributed by atoms with Crippen LogP contribution in [0.3, 0.4) is 0 Å². The van der Waals surface area contributed by atoms with E-state index in [9.17, 15) is 4.79 Å². The normalized spacial score (nSPS) is 9.92. The second-order valence-electron chi connectivity index (χ2n) is 5.17. The number of rotatable bonds is 5. The third kappa shape index (κ3) is 4.43. The average molecular weight is 341 g/mol. The summed E-state index contributed by atoms with van der Waals surface area (Å²) in [6, 6.07) is 14.5. The summed E-state index contributed by atoms with van der Waals surface area (Å²) in [6.45, 7) is 0.453. The van der Waals surface area contributed by atoms with Gasteiger partial charge in [0.2, 0.25) is 0 Å². The lowest BCUT2D eigenvalue weighted by atomic mass is 10.2. The van der Waals surface area contributed by atoms with E-state index in [4.69, 9.17) is 10.00 Å². The molecule has 0 aliphatic heterocycles. The van der Waals surface area contributed by atoms with Crippen LogP contribution >= 0.6 is 11.8 Å². The summed E-state index contributed by atoms with van der Waals surface area (Å²) >= 11 is 1.61. The molecule has 24 heavy (non-hydrogen) atoms. The minimum absolute atomic E-state index is 0.238. The Morgan fingerprint density at radius 1 is 1.33 bits per heavy atom. The lowest BCUT2D eigenvalue weighted by molar-refractivity contribution is 0.220. The number of nitriles is 1. The molecule has 0 heterocycles. The van der Waals surface area contributed by atoms with E-state index in [1.165, 1.54) is 0 Å². The van der Waals surface area contributed by atoms with Crippen molar-refractivity contribution in [1.29, 1.82) is 5.26 Å². The monoisotopic (exact) mass is 341 g/mol. The highest BCUT2D eigenvalue weighted by Gasteiger charge is 2.11. The van der Waals surface area contributed by atoms with Gasteiger partial charge in [0.15, 0.2) is 0 Å². The highest BCUT2D eigenvalue weighted by Crippen LogP contribution is 2.28. The van der Waals surface area contributed by atoms with Crippen molar-refractivity contribution in [3.63, 3.8) is 0 Å². The minimum Gasteiger partial charge on any atom is -0.496 e. The van der Waals surface area contributed by atoms with E-state index in [0.717, 1.165) is 16.2 Å².